The minimum Gasteiger partial charge on any atom is -0.309 e. The van der Waals surface area contributed by atoms with E-state index in [1.165, 1.54) is 0 Å². The van der Waals surface area contributed by atoms with Gasteiger partial charge < -0.3 is 5.32 Å². The lowest BCUT2D eigenvalue weighted by Gasteiger charge is -2.19. The molecule has 3 aromatic rings. The van der Waals surface area contributed by atoms with E-state index in [2.05, 4.69) is 15.4 Å². The van der Waals surface area contributed by atoms with Gasteiger partial charge in [-0.05, 0) is 38.1 Å². The summed E-state index contributed by atoms with van der Waals surface area (Å²) >= 11 is 0. The van der Waals surface area contributed by atoms with Gasteiger partial charge in [0.1, 0.15) is 5.82 Å². The van der Waals surface area contributed by atoms with Crippen molar-refractivity contribution in [3.05, 3.63) is 65.0 Å². The standard InChI is InChI=1S/C16H17FN4/c1-10-6-11(2)15(13(17)7-10)16(18-3)12-8-20-21-5-4-19-9-14(12)21/h4-9,16,18H,1-3H3. The van der Waals surface area contributed by atoms with Crippen LogP contribution in [0, 0.1) is 19.7 Å². The van der Waals surface area contributed by atoms with Gasteiger partial charge in [-0.25, -0.2) is 8.91 Å². The van der Waals surface area contributed by atoms with Crippen molar-refractivity contribution in [3.8, 4) is 0 Å². The smallest absolute Gasteiger partial charge is 0.128 e. The molecule has 0 amide bonds. The number of hydrogen-bond donors (Lipinski definition) is 1. The third kappa shape index (κ3) is 2.29. The van der Waals surface area contributed by atoms with E-state index in [-0.39, 0.29) is 11.9 Å². The van der Waals surface area contributed by atoms with E-state index in [0.717, 1.165) is 22.2 Å². The van der Waals surface area contributed by atoms with Crippen LogP contribution in [0.25, 0.3) is 5.52 Å². The zero-order chi connectivity index (χ0) is 15.0. The van der Waals surface area contributed by atoms with Crippen molar-refractivity contribution in [3.63, 3.8) is 0 Å². The molecule has 2 heterocycles. The Hall–Kier alpha value is -2.27. The Kier molecular flexibility index (Phi) is 3.43. The van der Waals surface area contributed by atoms with Crippen molar-refractivity contribution in [2.24, 2.45) is 0 Å². The Bertz CT molecular complexity index is 771. The van der Waals surface area contributed by atoms with Crippen LogP contribution < -0.4 is 5.32 Å². The molecule has 2 aromatic heterocycles. The van der Waals surface area contributed by atoms with Gasteiger partial charge in [-0.3, -0.25) is 4.98 Å². The van der Waals surface area contributed by atoms with Gasteiger partial charge >= 0.3 is 0 Å². The fourth-order valence-corrected chi connectivity index (χ4v) is 2.82. The molecule has 108 valence electrons. The zero-order valence-corrected chi connectivity index (χ0v) is 12.3. The number of fused-ring (bicyclic) bond motifs is 1. The van der Waals surface area contributed by atoms with Crippen LogP contribution in [0.3, 0.4) is 0 Å². The normalized spacial score (nSPS) is 12.8. The first-order valence-electron chi connectivity index (χ1n) is 6.83. The summed E-state index contributed by atoms with van der Waals surface area (Å²) in [6.45, 7) is 3.83. The quantitative estimate of drug-likeness (QED) is 0.804. The van der Waals surface area contributed by atoms with Crippen LogP contribution in [0.1, 0.15) is 28.3 Å². The minimum atomic E-state index is -0.257. The molecule has 0 radical (unpaired) electrons. The average Bonchev–Trinajstić information content (AvgIpc) is 2.86. The Morgan fingerprint density at radius 2 is 2.05 bits per heavy atom. The molecule has 4 nitrogen and oxygen atoms in total. The molecule has 3 rings (SSSR count). The lowest BCUT2D eigenvalue weighted by Crippen LogP contribution is -2.20. The van der Waals surface area contributed by atoms with Gasteiger partial charge in [-0.2, -0.15) is 5.10 Å². The molecule has 1 aromatic carbocycles. The summed E-state index contributed by atoms with van der Waals surface area (Å²) < 4.78 is 16.2. The SMILES string of the molecule is CNC(c1c(C)cc(C)cc1F)c1cnn2ccncc12. The summed E-state index contributed by atoms with van der Waals surface area (Å²) in [6, 6.07) is 3.30. The molecule has 0 saturated carbocycles. The number of aromatic nitrogens is 3. The highest BCUT2D eigenvalue weighted by atomic mass is 19.1. The molecule has 0 saturated heterocycles. The van der Waals surface area contributed by atoms with Crippen molar-refractivity contribution in [2.45, 2.75) is 19.9 Å². The molecule has 0 bridgehead atoms. The molecule has 1 N–H and O–H groups in total. The van der Waals surface area contributed by atoms with Crippen molar-refractivity contribution in [1.82, 2.24) is 19.9 Å². The number of aryl methyl sites for hydroxylation is 2. The summed E-state index contributed by atoms with van der Waals surface area (Å²) in [5, 5.41) is 7.50. The minimum absolute atomic E-state index is 0.199. The average molecular weight is 284 g/mol. The summed E-state index contributed by atoms with van der Waals surface area (Å²) in [5.41, 5.74) is 4.29. The number of rotatable bonds is 3. The van der Waals surface area contributed by atoms with Crippen molar-refractivity contribution in [2.75, 3.05) is 7.05 Å². The summed E-state index contributed by atoms with van der Waals surface area (Å²) in [6.07, 6.45) is 6.96. The third-order valence-electron chi connectivity index (χ3n) is 3.72. The molecule has 0 aliphatic heterocycles. The Labute approximate surface area is 122 Å². The topological polar surface area (TPSA) is 42.2 Å². The van der Waals surface area contributed by atoms with Crippen LogP contribution >= 0.6 is 0 Å². The summed E-state index contributed by atoms with van der Waals surface area (Å²) in [5.74, 6) is -0.199. The van der Waals surface area contributed by atoms with Gasteiger partial charge in [0.25, 0.3) is 0 Å². The van der Waals surface area contributed by atoms with Crippen molar-refractivity contribution in [1.29, 1.82) is 0 Å². The first kappa shape index (κ1) is 13.7. The Balaban J connectivity index is 2.19. The van der Waals surface area contributed by atoms with Crippen molar-refractivity contribution < 1.29 is 4.39 Å². The number of benzene rings is 1. The highest BCUT2D eigenvalue weighted by Gasteiger charge is 2.22. The first-order chi connectivity index (χ1) is 10.1. The molecule has 1 atom stereocenters. The maximum absolute atomic E-state index is 14.5. The maximum atomic E-state index is 14.5. The predicted octanol–water partition coefficient (Wildman–Crippen LogP) is 2.79. The van der Waals surface area contributed by atoms with Crippen LogP contribution in [-0.4, -0.2) is 21.6 Å². The van der Waals surface area contributed by atoms with Gasteiger partial charge in [0.15, 0.2) is 0 Å². The second-order valence-electron chi connectivity index (χ2n) is 5.21. The van der Waals surface area contributed by atoms with Gasteiger partial charge in [-0.15, -0.1) is 0 Å². The molecule has 1 unspecified atom stereocenters. The van der Waals surface area contributed by atoms with Crippen LogP contribution in [0.5, 0.6) is 0 Å². The van der Waals surface area contributed by atoms with E-state index < -0.39 is 0 Å². The van der Waals surface area contributed by atoms with Crippen LogP contribution in [0.2, 0.25) is 0 Å². The van der Waals surface area contributed by atoms with E-state index in [4.69, 9.17) is 0 Å². The second kappa shape index (κ2) is 5.26. The number of hydrogen-bond acceptors (Lipinski definition) is 3. The van der Waals surface area contributed by atoms with Gasteiger partial charge in [0, 0.05) is 23.5 Å². The van der Waals surface area contributed by atoms with E-state index in [9.17, 15) is 4.39 Å². The zero-order valence-electron chi connectivity index (χ0n) is 12.3. The lowest BCUT2D eigenvalue weighted by molar-refractivity contribution is 0.573. The molecule has 0 aliphatic carbocycles. The largest absolute Gasteiger partial charge is 0.309 e. The number of halogens is 1. The Morgan fingerprint density at radius 1 is 1.24 bits per heavy atom. The molecular formula is C16H17FN4. The van der Waals surface area contributed by atoms with E-state index in [0.29, 0.717) is 5.56 Å². The molecule has 5 heteroatoms. The summed E-state index contributed by atoms with van der Waals surface area (Å²) in [7, 11) is 1.82. The van der Waals surface area contributed by atoms with Crippen molar-refractivity contribution >= 4 is 5.52 Å². The van der Waals surface area contributed by atoms with Gasteiger partial charge in [-0.1, -0.05) is 6.07 Å². The monoisotopic (exact) mass is 284 g/mol. The fraction of sp³-hybridized carbons (Fsp3) is 0.250. The van der Waals surface area contributed by atoms with E-state index >= 15 is 0 Å². The predicted molar refractivity (Wildman–Crippen MR) is 79.8 cm³/mol. The third-order valence-corrected chi connectivity index (χ3v) is 3.72. The molecular weight excluding hydrogens is 267 g/mol. The van der Waals surface area contributed by atoms with Crippen LogP contribution in [0.4, 0.5) is 4.39 Å². The van der Waals surface area contributed by atoms with Crippen LogP contribution in [-0.2, 0) is 0 Å². The highest BCUT2D eigenvalue weighted by Crippen LogP contribution is 2.30. The van der Waals surface area contributed by atoms with Crippen LogP contribution in [0.15, 0.2) is 36.9 Å². The molecule has 21 heavy (non-hydrogen) atoms. The fourth-order valence-electron chi connectivity index (χ4n) is 2.82. The first-order valence-corrected chi connectivity index (χ1v) is 6.83. The lowest BCUT2D eigenvalue weighted by atomic mass is 9.94. The molecule has 0 spiro atoms. The maximum Gasteiger partial charge on any atom is 0.128 e. The van der Waals surface area contributed by atoms with E-state index in [1.807, 2.05) is 27.0 Å². The number of nitrogens with one attached hydrogen (secondary N) is 1. The molecule has 0 fully saturated rings. The Morgan fingerprint density at radius 3 is 2.76 bits per heavy atom. The van der Waals surface area contributed by atoms with Gasteiger partial charge in [0.2, 0.25) is 0 Å². The highest BCUT2D eigenvalue weighted by molar-refractivity contribution is 5.56. The number of nitrogens with zero attached hydrogens (tertiary/aromatic N) is 3. The molecule has 0 aliphatic rings. The summed E-state index contributed by atoms with van der Waals surface area (Å²) in [4.78, 5) is 4.13. The van der Waals surface area contributed by atoms with E-state index in [1.54, 1.807) is 35.4 Å². The second-order valence-corrected chi connectivity index (χ2v) is 5.21. The van der Waals surface area contributed by atoms with Gasteiger partial charge in [0.05, 0.1) is 24.0 Å².